The Morgan fingerprint density at radius 1 is 1.26 bits per heavy atom. The lowest BCUT2D eigenvalue weighted by molar-refractivity contribution is -0.114. The average molecular weight is 264 g/mol. The van der Waals surface area contributed by atoms with E-state index in [0.717, 1.165) is 42.8 Å². The number of unbranched alkanes of at least 4 members (excludes halogenated alkanes) is 1. The van der Waals surface area contributed by atoms with Crippen LogP contribution in [0.4, 0.5) is 0 Å². The van der Waals surface area contributed by atoms with Gasteiger partial charge in [0.05, 0.1) is 11.3 Å². The molecule has 3 nitrogen and oxygen atoms in total. The zero-order chi connectivity index (χ0) is 15.0. The Labute approximate surface area is 117 Å². The summed E-state index contributed by atoms with van der Waals surface area (Å²) in [4.78, 5) is 13.9. The molecule has 1 amide bonds. The average Bonchev–Trinajstić information content (AvgIpc) is 2.31. The van der Waals surface area contributed by atoms with Crippen molar-refractivity contribution in [2.75, 3.05) is 13.1 Å². The van der Waals surface area contributed by atoms with Gasteiger partial charge in [0.25, 0.3) is 5.91 Å². The number of amides is 1. The van der Waals surface area contributed by atoms with Crippen LogP contribution in [0.15, 0.2) is 35.1 Å². The van der Waals surface area contributed by atoms with Crippen LogP contribution in [-0.2, 0) is 4.79 Å². The molecule has 0 atom stereocenters. The highest BCUT2D eigenvalue weighted by atomic mass is 16.1. The van der Waals surface area contributed by atoms with Gasteiger partial charge in [0.1, 0.15) is 0 Å². The van der Waals surface area contributed by atoms with Crippen LogP contribution in [0.25, 0.3) is 0 Å². The van der Waals surface area contributed by atoms with Crippen LogP contribution in [0, 0.1) is 0 Å². The van der Waals surface area contributed by atoms with E-state index >= 15 is 0 Å². The molecule has 3 heteroatoms. The third-order valence-electron chi connectivity index (χ3n) is 2.84. The van der Waals surface area contributed by atoms with Crippen molar-refractivity contribution < 1.29 is 4.79 Å². The first-order chi connectivity index (χ1) is 8.84. The molecule has 0 aromatic heterocycles. The number of hydrogen-bond acceptors (Lipinski definition) is 2. The highest BCUT2D eigenvalue weighted by Gasteiger charge is 2.16. The predicted molar refractivity (Wildman–Crippen MR) is 82.6 cm³/mol. The highest BCUT2D eigenvalue weighted by Crippen LogP contribution is 2.21. The number of nitrogens with zero attached hydrogens (tertiary/aromatic N) is 1. The van der Waals surface area contributed by atoms with E-state index in [1.165, 1.54) is 0 Å². The summed E-state index contributed by atoms with van der Waals surface area (Å²) in [5, 5.41) is 0. The number of hydrogen-bond donors (Lipinski definition) is 1. The van der Waals surface area contributed by atoms with Gasteiger partial charge in [-0.05, 0) is 45.8 Å². The molecule has 0 aliphatic carbocycles. The van der Waals surface area contributed by atoms with Gasteiger partial charge in [-0.2, -0.15) is 0 Å². The number of nitrogens with two attached hydrogens (primary N) is 1. The molecule has 0 aliphatic heterocycles. The molecule has 0 heterocycles. The lowest BCUT2D eigenvalue weighted by Crippen LogP contribution is -2.28. The van der Waals surface area contributed by atoms with Gasteiger partial charge in [-0.15, -0.1) is 0 Å². The Kier molecular flexibility index (Phi) is 7.89. The van der Waals surface area contributed by atoms with Crippen LogP contribution >= 0.6 is 0 Å². The summed E-state index contributed by atoms with van der Waals surface area (Å²) in [6, 6.07) is 0. The Hall–Kier alpha value is -1.51. The van der Waals surface area contributed by atoms with E-state index in [9.17, 15) is 4.79 Å². The first-order valence-corrected chi connectivity index (χ1v) is 6.94. The first kappa shape index (κ1) is 17.5. The molecule has 0 fully saturated rings. The number of carbonyl (C=O) groups is 1. The molecule has 0 saturated carbocycles. The maximum atomic E-state index is 11.7. The molecule has 0 aromatic rings. The van der Waals surface area contributed by atoms with Crippen LogP contribution < -0.4 is 5.73 Å². The number of allylic oxidation sites excluding steroid dienone is 2. The highest BCUT2D eigenvalue weighted by molar-refractivity contribution is 5.96. The summed E-state index contributed by atoms with van der Waals surface area (Å²) < 4.78 is 0. The van der Waals surface area contributed by atoms with Gasteiger partial charge in [0.15, 0.2) is 0 Å². The summed E-state index contributed by atoms with van der Waals surface area (Å²) >= 11 is 0. The standard InChI is InChI=1S/C16H28N2O/c1-7-9-10-18(8-2)15(13(5)6)14(16(17)19)11-12(3)4/h11H,5,7-10H2,1-4,6H3,(H2,17,19). The molecular formula is C16H28N2O. The van der Waals surface area contributed by atoms with E-state index in [0.29, 0.717) is 5.57 Å². The lowest BCUT2D eigenvalue weighted by Gasteiger charge is -2.28. The van der Waals surface area contributed by atoms with Crippen molar-refractivity contribution in [3.05, 3.63) is 35.1 Å². The van der Waals surface area contributed by atoms with Gasteiger partial charge < -0.3 is 10.6 Å². The third kappa shape index (κ3) is 5.77. The largest absolute Gasteiger partial charge is 0.371 e. The minimum Gasteiger partial charge on any atom is -0.371 e. The summed E-state index contributed by atoms with van der Waals surface area (Å²) in [6.07, 6.45) is 4.06. The van der Waals surface area contributed by atoms with Crippen molar-refractivity contribution in [3.8, 4) is 0 Å². The van der Waals surface area contributed by atoms with Crippen LogP contribution in [0.3, 0.4) is 0 Å². The fraction of sp³-hybridized carbons (Fsp3) is 0.562. The molecule has 108 valence electrons. The summed E-state index contributed by atoms with van der Waals surface area (Å²) in [6.45, 7) is 15.8. The fourth-order valence-electron chi connectivity index (χ4n) is 1.99. The van der Waals surface area contributed by atoms with E-state index in [-0.39, 0.29) is 0 Å². The monoisotopic (exact) mass is 264 g/mol. The fourth-order valence-corrected chi connectivity index (χ4v) is 1.99. The molecule has 0 spiro atoms. The molecule has 0 unspecified atom stereocenters. The number of carbonyl (C=O) groups excluding carboxylic acids is 1. The number of rotatable bonds is 8. The van der Waals surface area contributed by atoms with Crippen LogP contribution in [0.2, 0.25) is 0 Å². The van der Waals surface area contributed by atoms with E-state index in [1.807, 2.05) is 26.8 Å². The molecule has 19 heavy (non-hydrogen) atoms. The zero-order valence-electron chi connectivity index (χ0n) is 13.0. The quantitative estimate of drug-likeness (QED) is 0.539. The summed E-state index contributed by atoms with van der Waals surface area (Å²) in [5.41, 5.74) is 8.91. The molecule has 0 aliphatic rings. The number of primary amides is 1. The van der Waals surface area contributed by atoms with E-state index < -0.39 is 5.91 Å². The van der Waals surface area contributed by atoms with Gasteiger partial charge in [-0.1, -0.05) is 25.5 Å². The van der Waals surface area contributed by atoms with Crippen LogP contribution in [0.1, 0.15) is 47.5 Å². The zero-order valence-corrected chi connectivity index (χ0v) is 13.0. The second kappa shape index (κ2) is 8.57. The van der Waals surface area contributed by atoms with E-state index in [1.54, 1.807) is 0 Å². The van der Waals surface area contributed by atoms with Crippen LogP contribution in [-0.4, -0.2) is 23.9 Å². The predicted octanol–water partition coefficient (Wildman–Crippen LogP) is 3.39. The van der Waals surface area contributed by atoms with Crippen molar-refractivity contribution >= 4 is 5.91 Å². The van der Waals surface area contributed by atoms with E-state index in [2.05, 4.69) is 25.3 Å². The molecule has 0 aromatic carbocycles. The molecule has 0 radical (unpaired) electrons. The Morgan fingerprint density at radius 3 is 2.16 bits per heavy atom. The van der Waals surface area contributed by atoms with Crippen molar-refractivity contribution in [1.29, 1.82) is 0 Å². The molecule has 2 N–H and O–H groups in total. The van der Waals surface area contributed by atoms with Gasteiger partial charge in [0, 0.05) is 13.1 Å². The Morgan fingerprint density at radius 2 is 1.84 bits per heavy atom. The second-order valence-electron chi connectivity index (χ2n) is 5.06. The number of likely N-dealkylation sites (N-methyl/N-ethyl adjacent to an activating group) is 1. The summed E-state index contributed by atoms with van der Waals surface area (Å²) in [5.74, 6) is -0.394. The van der Waals surface area contributed by atoms with Gasteiger partial charge in [-0.3, -0.25) is 4.79 Å². The van der Waals surface area contributed by atoms with Gasteiger partial charge in [-0.25, -0.2) is 0 Å². The Balaban J connectivity index is 5.73. The summed E-state index contributed by atoms with van der Waals surface area (Å²) in [7, 11) is 0. The molecule has 0 saturated heterocycles. The Bertz CT molecular complexity index is 388. The normalized spacial score (nSPS) is 11.6. The van der Waals surface area contributed by atoms with E-state index in [4.69, 9.17) is 5.73 Å². The second-order valence-corrected chi connectivity index (χ2v) is 5.06. The maximum absolute atomic E-state index is 11.7. The van der Waals surface area contributed by atoms with Crippen LogP contribution in [0.5, 0.6) is 0 Å². The van der Waals surface area contributed by atoms with Gasteiger partial charge in [0.2, 0.25) is 0 Å². The first-order valence-electron chi connectivity index (χ1n) is 6.94. The van der Waals surface area contributed by atoms with Crippen molar-refractivity contribution in [3.63, 3.8) is 0 Å². The maximum Gasteiger partial charge on any atom is 0.250 e. The SMILES string of the molecule is C=C(C)C(=C(C=C(C)C)C(N)=O)N(CC)CCCC. The third-order valence-corrected chi connectivity index (χ3v) is 2.84. The lowest BCUT2D eigenvalue weighted by atomic mass is 10.0. The van der Waals surface area contributed by atoms with Crippen molar-refractivity contribution in [2.24, 2.45) is 5.73 Å². The minimum atomic E-state index is -0.394. The van der Waals surface area contributed by atoms with Crippen molar-refractivity contribution in [1.82, 2.24) is 4.90 Å². The van der Waals surface area contributed by atoms with Gasteiger partial charge >= 0.3 is 0 Å². The molecular weight excluding hydrogens is 236 g/mol. The molecule has 0 bridgehead atoms. The molecule has 0 rings (SSSR count). The minimum absolute atomic E-state index is 0.394. The smallest absolute Gasteiger partial charge is 0.250 e. The van der Waals surface area contributed by atoms with Crippen molar-refractivity contribution in [2.45, 2.75) is 47.5 Å². The topological polar surface area (TPSA) is 46.3 Å².